The third-order valence-electron chi connectivity index (χ3n) is 7.45. The molecule has 0 radical (unpaired) electrons. The third kappa shape index (κ3) is 8.64. The van der Waals surface area contributed by atoms with Gasteiger partial charge in [-0.25, -0.2) is 4.79 Å². The standard InChI is InChI=1S/C32H42O9/c1-19(7-6-8-20(2)17-27(34)35)9-14-24-21(3)25(15-16-32(24,4)5)39-22-10-12-23(13-11-22)40-31-30(38)29(37)28(36)26(18-33)41-31/h6-14,17,25-26,28-31,33,36-38H,15-16,18H2,1-5H3,(H,34,35)/b8-6+,14-9+,19-7+,20-17+/t25?,26-,28-,29-,30+,31-/m1/s1. The molecule has 1 fully saturated rings. The Labute approximate surface area is 241 Å². The van der Waals surface area contributed by atoms with E-state index in [2.05, 4.69) is 32.9 Å². The van der Waals surface area contributed by atoms with Gasteiger partial charge in [-0.15, -0.1) is 0 Å². The van der Waals surface area contributed by atoms with Crippen molar-refractivity contribution in [2.45, 2.75) is 84.3 Å². The summed E-state index contributed by atoms with van der Waals surface area (Å²) in [6.45, 7) is 9.72. The summed E-state index contributed by atoms with van der Waals surface area (Å²) in [6.07, 6.45) is 5.79. The van der Waals surface area contributed by atoms with Crippen molar-refractivity contribution in [3.8, 4) is 11.5 Å². The third-order valence-corrected chi connectivity index (χ3v) is 7.45. The fourth-order valence-corrected chi connectivity index (χ4v) is 4.98. The highest BCUT2D eigenvalue weighted by atomic mass is 16.7. The van der Waals surface area contributed by atoms with Crippen molar-refractivity contribution in [3.05, 3.63) is 83.0 Å². The second-order valence-electron chi connectivity index (χ2n) is 11.2. The normalized spacial score (nSPS) is 29.3. The molecule has 6 atom stereocenters. The van der Waals surface area contributed by atoms with Crippen LogP contribution in [-0.4, -0.2) is 74.9 Å². The van der Waals surface area contributed by atoms with Crippen LogP contribution in [0.3, 0.4) is 0 Å². The SMILES string of the molecule is CC1=C(/C=C/C(C)=C/C=C/C(C)=C/C(=O)O)C(C)(C)CCC1Oc1ccc(O[C@@H]2O[C@H](CO)[C@@H](O)[C@@H](O)[C@@H]2O)cc1. The van der Waals surface area contributed by atoms with Crippen molar-refractivity contribution in [3.63, 3.8) is 0 Å². The molecule has 5 N–H and O–H groups in total. The van der Waals surface area contributed by atoms with E-state index >= 15 is 0 Å². The molecule has 1 unspecified atom stereocenters. The van der Waals surface area contributed by atoms with Crippen molar-refractivity contribution in [1.29, 1.82) is 0 Å². The maximum atomic E-state index is 10.8. The quantitative estimate of drug-likeness (QED) is 0.209. The largest absolute Gasteiger partial charge is 0.486 e. The number of carboxylic acid groups (broad SMARTS) is 1. The van der Waals surface area contributed by atoms with E-state index in [0.717, 1.165) is 30.1 Å². The number of hydrogen-bond donors (Lipinski definition) is 5. The maximum absolute atomic E-state index is 10.8. The second-order valence-corrected chi connectivity index (χ2v) is 11.2. The van der Waals surface area contributed by atoms with Crippen LogP contribution in [0.25, 0.3) is 0 Å². The summed E-state index contributed by atoms with van der Waals surface area (Å²) in [4.78, 5) is 10.8. The summed E-state index contributed by atoms with van der Waals surface area (Å²) >= 11 is 0. The first kappa shape index (κ1) is 32.3. The van der Waals surface area contributed by atoms with Gasteiger partial charge in [-0.1, -0.05) is 49.8 Å². The molecular formula is C32H42O9. The molecule has 3 rings (SSSR count). The molecule has 41 heavy (non-hydrogen) atoms. The molecule has 1 heterocycles. The van der Waals surface area contributed by atoms with Gasteiger partial charge < -0.3 is 39.7 Å². The molecule has 0 amide bonds. The van der Waals surface area contributed by atoms with E-state index in [0.29, 0.717) is 17.1 Å². The monoisotopic (exact) mass is 570 g/mol. The van der Waals surface area contributed by atoms with Gasteiger partial charge in [0.2, 0.25) is 6.29 Å². The van der Waals surface area contributed by atoms with Crippen LogP contribution in [0.4, 0.5) is 0 Å². The van der Waals surface area contributed by atoms with Crippen LogP contribution in [0.2, 0.25) is 0 Å². The van der Waals surface area contributed by atoms with Crippen LogP contribution in [0.1, 0.15) is 47.5 Å². The average molecular weight is 571 g/mol. The molecule has 9 nitrogen and oxygen atoms in total. The van der Waals surface area contributed by atoms with Gasteiger partial charge in [-0.2, -0.15) is 0 Å². The lowest BCUT2D eigenvalue weighted by Crippen LogP contribution is -2.60. The number of carboxylic acids is 1. The van der Waals surface area contributed by atoms with Crippen molar-refractivity contribution < 1.29 is 44.5 Å². The first-order valence-electron chi connectivity index (χ1n) is 13.7. The number of benzene rings is 1. The first-order chi connectivity index (χ1) is 19.3. The van der Waals surface area contributed by atoms with E-state index < -0.39 is 43.3 Å². The Hall–Kier alpha value is -3.21. The molecule has 1 saturated heterocycles. The second kappa shape index (κ2) is 14.1. The zero-order valence-corrected chi connectivity index (χ0v) is 24.2. The molecule has 1 aromatic carbocycles. The van der Waals surface area contributed by atoms with Crippen molar-refractivity contribution in [2.24, 2.45) is 5.41 Å². The number of allylic oxidation sites excluding steroid dienone is 8. The number of rotatable bonds is 10. The molecule has 0 saturated carbocycles. The molecule has 224 valence electrons. The summed E-state index contributed by atoms with van der Waals surface area (Å²) in [5.74, 6) is 0.0423. The summed E-state index contributed by atoms with van der Waals surface area (Å²) in [5, 5.41) is 48.3. The van der Waals surface area contributed by atoms with E-state index in [4.69, 9.17) is 19.3 Å². The van der Waals surface area contributed by atoms with Crippen LogP contribution in [0, 0.1) is 5.41 Å². The molecule has 2 aliphatic rings. The lowest BCUT2D eigenvalue weighted by atomic mass is 9.71. The minimum absolute atomic E-state index is 0.0273. The van der Waals surface area contributed by atoms with E-state index in [1.165, 1.54) is 5.57 Å². The maximum Gasteiger partial charge on any atom is 0.328 e. The van der Waals surface area contributed by atoms with Gasteiger partial charge >= 0.3 is 5.97 Å². The van der Waals surface area contributed by atoms with Gasteiger partial charge in [0.15, 0.2) is 0 Å². The number of aliphatic hydroxyl groups is 4. The van der Waals surface area contributed by atoms with Gasteiger partial charge in [0.1, 0.15) is 42.0 Å². The van der Waals surface area contributed by atoms with Gasteiger partial charge in [0, 0.05) is 6.08 Å². The fraction of sp³-hybridized carbons (Fsp3) is 0.469. The topological polar surface area (TPSA) is 146 Å². The van der Waals surface area contributed by atoms with E-state index in [1.807, 2.05) is 19.1 Å². The van der Waals surface area contributed by atoms with Crippen LogP contribution in [0.15, 0.2) is 83.0 Å². The van der Waals surface area contributed by atoms with Crippen LogP contribution in [0.5, 0.6) is 11.5 Å². The highest BCUT2D eigenvalue weighted by Gasteiger charge is 2.44. The predicted octanol–water partition coefficient (Wildman–Crippen LogP) is 3.84. The van der Waals surface area contributed by atoms with E-state index in [9.17, 15) is 25.2 Å². The molecule has 0 aromatic heterocycles. The van der Waals surface area contributed by atoms with Crippen LogP contribution < -0.4 is 9.47 Å². The minimum atomic E-state index is -1.51. The summed E-state index contributed by atoms with van der Waals surface area (Å²) in [7, 11) is 0. The van der Waals surface area contributed by atoms with E-state index in [1.54, 1.807) is 37.3 Å². The number of aliphatic hydroxyl groups excluding tert-OH is 4. The molecular weight excluding hydrogens is 528 g/mol. The number of carbonyl (C=O) groups is 1. The Balaban J connectivity index is 1.69. The highest BCUT2D eigenvalue weighted by Crippen LogP contribution is 2.42. The number of hydrogen-bond acceptors (Lipinski definition) is 8. The Morgan fingerprint density at radius 3 is 2.24 bits per heavy atom. The van der Waals surface area contributed by atoms with Gasteiger partial charge in [-0.3, -0.25) is 0 Å². The Bertz CT molecular complexity index is 1200. The lowest BCUT2D eigenvalue weighted by molar-refractivity contribution is -0.277. The molecule has 1 aliphatic carbocycles. The van der Waals surface area contributed by atoms with Gasteiger partial charge in [0.25, 0.3) is 0 Å². The molecule has 9 heteroatoms. The van der Waals surface area contributed by atoms with E-state index in [-0.39, 0.29) is 11.5 Å². The van der Waals surface area contributed by atoms with Crippen LogP contribution in [-0.2, 0) is 9.53 Å². The summed E-state index contributed by atoms with van der Waals surface area (Å²) in [6, 6.07) is 6.83. The zero-order chi connectivity index (χ0) is 30.3. The summed E-state index contributed by atoms with van der Waals surface area (Å²) < 4.78 is 17.4. The van der Waals surface area contributed by atoms with Gasteiger partial charge in [-0.05, 0) is 80.0 Å². The number of ether oxygens (including phenoxy) is 3. The number of aliphatic carboxylic acids is 1. The first-order valence-corrected chi connectivity index (χ1v) is 13.7. The van der Waals surface area contributed by atoms with Crippen LogP contribution >= 0.6 is 0 Å². The van der Waals surface area contributed by atoms with Crippen molar-refractivity contribution in [1.82, 2.24) is 0 Å². The zero-order valence-electron chi connectivity index (χ0n) is 24.2. The highest BCUT2D eigenvalue weighted by molar-refractivity contribution is 5.81. The van der Waals surface area contributed by atoms with Gasteiger partial charge in [0.05, 0.1) is 6.61 Å². The van der Waals surface area contributed by atoms with Crippen molar-refractivity contribution in [2.75, 3.05) is 6.61 Å². The lowest BCUT2D eigenvalue weighted by Gasteiger charge is -2.39. The Morgan fingerprint density at radius 2 is 1.63 bits per heavy atom. The molecule has 1 aliphatic heterocycles. The predicted molar refractivity (Wildman–Crippen MR) is 154 cm³/mol. The Kier molecular flexibility index (Phi) is 11.1. The fourth-order valence-electron chi connectivity index (χ4n) is 4.98. The molecule has 1 aromatic rings. The summed E-state index contributed by atoms with van der Waals surface area (Å²) in [5.41, 5.74) is 4.00. The average Bonchev–Trinajstić information content (AvgIpc) is 2.91. The Morgan fingerprint density at radius 1 is 1.00 bits per heavy atom. The minimum Gasteiger partial charge on any atom is -0.486 e. The molecule has 0 spiro atoms. The smallest absolute Gasteiger partial charge is 0.328 e. The van der Waals surface area contributed by atoms with Crippen molar-refractivity contribution >= 4 is 5.97 Å². The molecule has 0 bridgehead atoms.